The van der Waals surface area contributed by atoms with Gasteiger partial charge in [-0.1, -0.05) is 32.6 Å². The van der Waals surface area contributed by atoms with Gasteiger partial charge in [0.15, 0.2) is 0 Å². The summed E-state index contributed by atoms with van der Waals surface area (Å²) in [5, 5.41) is 0. The second-order valence-corrected chi connectivity index (χ2v) is 5.10. The molecule has 0 radical (unpaired) electrons. The molecule has 0 bridgehead atoms. The van der Waals surface area contributed by atoms with Crippen molar-refractivity contribution in [1.29, 1.82) is 0 Å². The van der Waals surface area contributed by atoms with Crippen LogP contribution in [0.2, 0.25) is 0 Å². The van der Waals surface area contributed by atoms with Gasteiger partial charge in [-0.2, -0.15) is 0 Å². The van der Waals surface area contributed by atoms with Crippen molar-refractivity contribution in [3.8, 4) is 0 Å². The van der Waals surface area contributed by atoms with E-state index in [0.717, 1.165) is 19.4 Å². The van der Waals surface area contributed by atoms with E-state index in [9.17, 15) is 4.79 Å². The van der Waals surface area contributed by atoms with E-state index >= 15 is 0 Å². The summed E-state index contributed by atoms with van der Waals surface area (Å²) in [6.45, 7) is 5.41. The highest BCUT2D eigenvalue weighted by atomic mass is 16.2. The maximum absolute atomic E-state index is 12.0. The maximum Gasteiger partial charge on any atom is 0.222 e. The first-order chi connectivity index (χ1) is 7.75. The average Bonchev–Trinajstić information content (AvgIpc) is 2.29. The average molecular weight is 225 g/mol. The molecule has 1 unspecified atom stereocenters. The van der Waals surface area contributed by atoms with E-state index in [4.69, 9.17) is 0 Å². The molecule has 2 nitrogen and oxygen atoms in total. The lowest BCUT2D eigenvalue weighted by Crippen LogP contribution is -2.41. The van der Waals surface area contributed by atoms with Crippen molar-refractivity contribution in [2.45, 2.75) is 77.7 Å². The number of carbonyl (C=O) groups excluding carboxylic acids is 1. The third-order valence-electron chi connectivity index (χ3n) is 3.62. The zero-order chi connectivity index (χ0) is 11.8. The van der Waals surface area contributed by atoms with Crippen LogP contribution in [0.15, 0.2) is 0 Å². The highest BCUT2D eigenvalue weighted by Gasteiger charge is 2.22. The molecular formula is C14H27NO. The molecule has 0 saturated carbocycles. The molecule has 1 amide bonds. The molecule has 1 heterocycles. The summed E-state index contributed by atoms with van der Waals surface area (Å²) < 4.78 is 0. The van der Waals surface area contributed by atoms with Crippen LogP contribution < -0.4 is 0 Å². The number of carbonyl (C=O) groups is 1. The standard InChI is InChI=1S/C14H27NO/c1-3-4-5-6-7-11-14(16)15-12-9-8-10-13(15)2/h13H,3-12H2,1-2H3. The summed E-state index contributed by atoms with van der Waals surface area (Å²) in [5.41, 5.74) is 0. The number of unbranched alkanes of at least 4 members (excludes halogenated alkanes) is 4. The Morgan fingerprint density at radius 1 is 1.19 bits per heavy atom. The Kier molecular flexibility index (Phi) is 6.51. The number of piperidine rings is 1. The fraction of sp³-hybridized carbons (Fsp3) is 0.929. The summed E-state index contributed by atoms with van der Waals surface area (Å²) >= 11 is 0. The topological polar surface area (TPSA) is 20.3 Å². The molecule has 0 aliphatic carbocycles. The van der Waals surface area contributed by atoms with Gasteiger partial charge in [-0.05, 0) is 32.6 Å². The summed E-state index contributed by atoms with van der Waals surface area (Å²) in [7, 11) is 0. The van der Waals surface area contributed by atoms with Crippen LogP contribution in [0, 0.1) is 0 Å². The van der Waals surface area contributed by atoms with E-state index in [1.807, 2.05) is 0 Å². The largest absolute Gasteiger partial charge is 0.340 e. The number of rotatable bonds is 6. The van der Waals surface area contributed by atoms with Crippen molar-refractivity contribution in [3.05, 3.63) is 0 Å². The minimum Gasteiger partial charge on any atom is -0.340 e. The second-order valence-electron chi connectivity index (χ2n) is 5.10. The Hall–Kier alpha value is -0.530. The van der Waals surface area contributed by atoms with Gasteiger partial charge in [-0.3, -0.25) is 4.79 Å². The van der Waals surface area contributed by atoms with Gasteiger partial charge in [0.2, 0.25) is 5.91 Å². The lowest BCUT2D eigenvalue weighted by atomic mass is 10.0. The fourth-order valence-corrected chi connectivity index (χ4v) is 2.49. The van der Waals surface area contributed by atoms with E-state index in [1.54, 1.807) is 0 Å². The van der Waals surface area contributed by atoms with E-state index in [1.165, 1.54) is 44.9 Å². The number of likely N-dealkylation sites (tertiary alicyclic amines) is 1. The van der Waals surface area contributed by atoms with Gasteiger partial charge >= 0.3 is 0 Å². The zero-order valence-electron chi connectivity index (χ0n) is 11.0. The summed E-state index contributed by atoms with van der Waals surface area (Å²) in [4.78, 5) is 14.1. The van der Waals surface area contributed by atoms with Gasteiger partial charge in [0.1, 0.15) is 0 Å². The van der Waals surface area contributed by atoms with Gasteiger partial charge in [0.25, 0.3) is 0 Å². The molecule has 0 aromatic rings. The van der Waals surface area contributed by atoms with Crippen LogP contribution in [0.4, 0.5) is 0 Å². The molecule has 1 fully saturated rings. The number of hydrogen-bond donors (Lipinski definition) is 0. The molecule has 2 heteroatoms. The Bertz CT molecular complexity index is 203. The number of nitrogens with zero attached hydrogens (tertiary/aromatic N) is 1. The SMILES string of the molecule is CCCCCCCC(=O)N1CCCCC1C. The van der Waals surface area contributed by atoms with Crippen molar-refractivity contribution in [2.75, 3.05) is 6.54 Å². The van der Waals surface area contributed by atoms with E-state index < -0.39 is 0 Å². The second kappa shape index (κ2) is 7.70. The highest BCUT2D eigenvalue weighted by Crippen LogP contribution is 2.18. The van der Waals surface area contributed by atoms with Crippen molar-refractivity contribution >= 4 is 5.91 Å². The quantitative estimate of drug-likeness (QED) is 0.630. The Balaban J connectivity index is 2.13. The lowest BCUT2D eigenvalue weighted by molar-refractivity contribution is -0.134. The molecule has 1 rings (SSSR count). The molecule has 0 N–H and O–H groups in total. The fourth-order valence-electron chi connectivity index (χ4n) is 2.49. The lowest BCUT2D eigenvalue weighted by Gasteiger charge is -2.33. The molecule has 1 aliphatic heterocycles. The molecular weight excluding hydrogens is 198 g/mol. The van der Waals surface area contributed by atoms with Crippen molar-refractivity contribution in [3.63, 3.8) is 0 Å². The first kappa shape index (κ1) is 13.5. The van der Waals surface area contributed by atoms with Crippen LogP contribution in [-0.4, -0.2) is 23.4 Å². The zero-order valence-corrected chi connectivity index (χ0v) is 11.0. The molecule has 1 atom stereocenters. The molecule has 1 aliphatic rings. The minimum absolute atomic E-state index is 0.392. The van der Waals surface area contributed by atoms with Gasteiger partial charge in [-0.25, -0.2) is 0 Å². The Morgan fingerprint density at radius 3 is 2.62 bits per heavy atom. The number of hydrogen-bond acceptors (Lipinski definition) is 1. The predicted octanol–water partition coefficient (Wildman–Crippen LogP) is 3.75. The normalized spacial score (nSPS) is 21.1. The van der Waals surface area contributed by atoms with E-state index in [2.05, 4.69) is 18.7 Å². The van der Waals surface area contributed by atoms with E-state index in [-0.39, 0.29) is 0 Å². The van der Waals surface area contributed by atoms with Crippen LogP contribution in [-0.2, 0) is 4.79 Å². The Morgan fingerprint density at radius 2 is 1.94 bits per heavy atom. The molecule has 0 aromatic carbocycles. The third kappa shape index (κ3) is 4.54. The third-order valence-corrected chi connectivity index (χ3v) is 3.62. The molecule has 16 heavy (non-hydrogen) atoms. The van der Waals surface area contributed by atoms with Crippen LogP contribution >= 0.6 is 0 Å². The smallest absolute Gasteiger partial charge is 0.222 e. The molecule has 0 aromatic heterocycles. The van der Waals surface area contributed by atoms with Gasteiger partial charge < -0.3 is 4.90 Å². The van der Waals surface area contributed by atoms with Gasteiger partial charge in [0.05, 0.1) is 0 Å². The van der Waals surface area contributed by atoms with Crippen molar-refractivity contribution in [1.82, 2.24) is 4.90 Å². The van der Waals surface area contributed by atoms with Crippen LogP contribution in [0.25, 0.3) is 0 Å². The summed E-state index contributed by atoms with van der Waals surface area (Å²) in [6.07, 6.45) is 10.7. The molecule has 0 spiro atoms. The monoisotopic (exact) mass is 225 g/mol. The van der Waals surface area contributed by atoms with Crippen LogP contribution in [0.5, 0.6) is 0 Å². The first-order valence-electron chi connectivity index (χ1n) is 7.05. The van der Waals surface area contributed by atoms with Gasteiger partial charge in [-0.15, -0.1) is 0 Å². The first-order valence-corrected chi connectivity index (χ1v) is 7.05. The van der Waals surface area contributed by atoms with Crippen LogP contribution in [0.3, 0.4) is 0 Å². The minimum atomic E-state index is 0.392. The summed E-state index contributed by atoms with van der Waals surface area (Å²) in [5.74, 6) is 0.392. The van der Waals surface area contributed by atoms with E-state index in [0.29, 0.717) is 11.9 Å². The number of amides is 1. The van der Waals surface area contributed by atoms with Gasteiger partial charge in [0, 0.05) is 19.0 Å². The van der Waals surface area contributed by atoms with Crippen molar-refractivity contribution < 1.29 is 4.79 Å². The molecule has 94 valence electrons. The summed E-state index contributed by atoms with van der Waals surface area (Å²) in [6, 6.07) is 0.483. The maximum atomic E-state index is 12.0. The Labute approximate surface area is 100 Å². The van der Waals surface area contributed by atoms with Crippen molar-refractivity contribution in [2.24, 2.45) is 0 Å². The molecule has 1 saturated heterocycles. The van der Waals surface area contributed by atoms with Crippen LogP contribution in [0.1, 0.15) is 71.6 Å². The predicted molar refractivity (Wildman–Crippen MR) is 68.4 cm³/mol. The highest BCUT2D eigenvalue weighted by molar-refractivity contribution is 5.76.